The summed E-state index contributed by atoms with van der Waals surface area (Å²) in [7, 11) is 0. The van der Waals surface area contributed by atoms with Gasteiger partial charge in [-0.2, -0.15) is 0 Å². The highest BCUT2D eigenvalue weighted by Crippen LogP contribution is 2.29. The van der Waals surface area contributed by atoms with Gasteiger partial charge in [0.25, 0.3) is 5.56 Å². The average Bonchev–Trinajstić information content (AvgIpc) is 3.09. The largest absolute Gasteiger partial charge is 0.461 e. The Morgan fingerprint density at radius 1 is 1.40 bits per heavy atom. The third kappa shape index (κ3) is 3.93. The van der Waals surface area contributed by atoms with Crippen LogP contribution in [0.4, 0.5) is 5.82 Å². The Labute approximate surface area is 178 Å². The van der Waals surface area contributed by atoms with Crippen LogP contribution in [-0.4, -0.2) is 46.3 Å². The molecule has 1 saturated heterocycles. The third-order valence-corrected chi connectivity index (χ3v) is 5.65. The van der Waals surface area contributed by atoms with Crippen LogP contribution in [0.15, 0.2) is 35.3 Å². The molecule has 3 N–H and O–H groups in total. The number of anilines is 1. The molecule has 0 saturated carbocycles. The number of hydrogen-bond donors (Lipinski definition) is 2. The first kappa shape index (κ1) is 20.4. The highest BCUT2D eigenvalue weighted by Gasteiger charge is 2.26. The van der Waals surface area contributed by atoms with Gasteiger partial charge in [0.2, 0.25) is 0 Å². The van der Waals surface area contributed by atoms with Gasteiger partial charge < -0.3 is 20.4 Å². The monoisotopic (exact) mass is 429 g/mol. The lowest BCUT2D eigenvalue weighted by molar-refractivity contribution is 0.0518. The molecule has 1 aliphatic rings. The van der Waals surface area contributed by atoms with E-state index in [2.05, 4.69) is 15.0 Å². The topological polar surface area (TPSA) is 106 Å². The number of nitrogens with two attached hydrogens (primary N) is 1. The van der Waals surface area contributed by atoms with Crippen molar-refractivity contribution in [3.8, 4) is 0 Å². The van der Waals surface area contributed by atoms with Crippen LogP contribution < -0.4 is 16.2 Å². The van der Waals surface area contributed by atoms with Gasteiger partial charge in [-0.15, -0.1) is 5.10 Å². The highest BCUT2D eigenvalue weighted by atomic mass is 35.5. The molecule has 0 bridgehead atoms. The molecule has 30 heavy (non-hydrogen) atoms. The number of nitrogens with one attached hydrogen (secondary N) is 1. The zero-order valence-electron chi connectivity index (χ0n) is 16.7. The number of fused-ring (bicyclic) bond motifs is 1. The van der Waals surface area contributed by atoms with Gasteiger partial charge in [0.1, 0.15) is 11.2 Å². The molecule has 158 valence electrons. The number of aromatic nitrogens is 3. The first-order chi connectivity index (χ1) is 14.5. The van der Waals surface area contributed by atoms with Crippen molar-refractivity contribution < 1.29 is 9.53 Å². The number of carbonyl (C=O) groups is 1. The summed E-state index contributed by atoms with van der Waals surface area (Å²) in [6.07, 6.45) is 3.84. The van der Waals surface area contributed by atoms with Crippen LogP contribution >= 0.6 is 11.6 Å². The number of carbonyl (C=O) groups excluding carboxylic acids is 1. The molecule has 1 fully saturated rings. The summed E-state index contributed by atoms with van der Waals surface area (Å²) in [6, 6.07) is 7.57. The van der Waals surface area contributed by atoms with E-state index >= 15 is 0 Å². The van der Waals surface area contributed by atoms with E-state index in [1.807, 2.05) is 24.3 Å². The number of aromatic amines is 1. The SMILES string of the molecule is CCOC(=O)c1cn2nc(N3CCCC(N)C3)c(Cc3ccccc3Cl)c2c(=O)[nH]1. The van der Waals surface area contributed by atoms with Gasteiger partial charge in [-0.05, 0) is 31.4 Å². The second-order valence-corrected chi connectivity index (χ2v) is 7.84. The second-order valence-electron chi connectivity index (χ2n) is 7.43. The molecule has 1 aliphatic heterocycles. The minimum Gasteiger partial charge on any atom is -0.461 e. The van der Waals surface area contributed by atoms with E-state index in [9.17, 15) is 9.59 Å². The van der Waals surface area contributed by atoms with E-state index < -0.39 is 11.5 Å². The Balaban J connectivity index is 1.87. The van der Waals surface area contributed by atoms with Crippen molar-refractivity contribution in [2.75, 3.05) is 24.6 Å². The Morgan fingerprint density at radius 3 is 2.93 bits per heavy atom. The van der Waals surface area contributed by atoms with Crippen molar-refractivity contribution in [1.82, 2.24) is 14.6 Å². The first-order valence-electron chi connectivity index (χ1n) is 10.0. The number of rotatable bonds is 5. The maximum atomic E-state index is 13.0. The van der Waals surface area contributed by atoms with Gasteiger partial charge in [-0.1, -0.05) is 29.8 Å². The Bertz CT molecular complexity index is 1140. The average molecular weight is 430 g/mol. The normalized spacial score (nSPS) is 16.8. The molecule has 8 nitrogen and oxygen atoms in total. The molecular formula is C21H24ClN5O3. The Morgan fingerprint density at radius 2 is 2.20 bits per heavy atom. The van der Waals surface area contributed by atoms with Gasteiger partial charge in [0, 0.05) is 36.1 Å². The van der Waals surface area contributed by atoms with E-state index in [4.69, 9.17) is 22.1 Å². The van der Waals surface area contributed by atoms with E-state index in [-0.39, 0.29) is 18.3 Å². The number of benzene rings is 1. The molecule has 2 aromatic heterocycles. The molecule has 0 aliphatic carbocycles. The predicted octanol–water partition coefficient (Wildman–Crippen LogP) is 2.37. The summed E-state index contributed by atoms with van der Waals surface area (Å²) in [4.78, 5) is 29.8. The molecule has 1 atom stereocenters. The number of ether oxygens (including phenoxy) is 1. The number of halogens is 1. The molecule has 4 rings (SSSR count). The van der Waals surface area contributed by atoms with Crippen molar-refractivity contribution >= 4 is 28.9 Å². The molecule has 1 aromatic carbocycles. The zero-order chi connectivity index (χ0) is 21.3. The lowest BCUT2D eigenvalue weighted by Gasteiger charge is -2.31. The fraction of sp³-hybridized carbons (Fsp3) is 0.381. The van der Waals surface area contributed by atoms with Gasteiger partial charge in [0.15, 0.2) is 5.82 Å². The Kier molecular flexibility index (Phi) is 5.78. The maximum Gasteiger partial charge on any atom is 0.356 e. The molecule has 0 radical (unpaired) electrons. The second kappa shape index (κ2) is 8.49. The summed E-state index contributed by atoms with van der Waals surface area (Å²) in [5, 5.41) is 5.30. The molecule has 0 amide bonds. The van der Waals surface area contributed by atoms with Crippen LogP contribution in [0.1, 0.15) is 41.4 Å². The van der Waals surface area contributed by atoms with Crippen LogP contribution in [0.5, 0.6) is 0 Å². The van der Waals surface area contributed by atoms with Crippen LogP contribution in [0, 0.1) is 0 Å². The van der Waals surface area contributed by atoms with Gasteiger partial charge in [0.05, 0.1) is 12.8 Å². The van der Waals surface area contributed by atoms with Crippen molar-refractivity contribution in [1.29, 1.82) is 0 Å². The van der Waals surface area contributed by atoms with E-state index in [0.29, 0.717) is 29.3 Å². The van der Waals surface area contributed by atoms with Gasteiger partial charge in [-0.25, -0.2) is 9.31 Å². The molecule has 9 heteroatoms. The van der Waals surface area contributed by atoms with Crippen LogP contribution in [0.2, 0.25) is 5.02 Å². The summed E-state index contributed by atoms with van der Waals surface area (Å²) in [5.41, 5.74) is 7.88. The smallest absolute Gasteiger partial charge is 0.356 e. The lowest BCUT2D eigenvalue weighted by Crippen LogP contribution is -2.43. The number of esters is 1. The van der Waals surface area contributed by atoms with Crippen molar-refractivity contribution in [2.24, 2.45) is 5.73 Å². The third-order valence-electron chi connectivity index (χ3n) is 5.28. The molecule has 3 aromatic rings. The standard InChI is InChI=1S/C21H24ClN5O3/c1-2-30-21(29)17-12-27-18(20(28)24-17)15(10-13-6-3-4-8-16(13)22)19(25-27)26-9-5-7-14(23)11-26/h3-4,6,8,12,14H,2,5,7,9-11,23H2,1H3,(H,24,28). The van der Waals surface area contributed by atoms with Crippen LogP contribution in [-0.2, 0) is 11.2 Å². The van der Waals surface area contributed by atoms with Crippen molar-refractivity contribution in [2.45, 2.75) is 32.2 Å². The van der Waals surface area contributed by atoms with Crippen molar-refractivity contribution in [3.63, 3.8) is 0 Å². The molecule has 0 spiro atoms. The van der Waals surface area contributed by atoms with Crippen LogP contribution in [0.25, 0.3) is 5.52 Å². The van der Waals surface area contributed by atoms with Gasteiger partial charge >= 0.3 is 5.97 Å². The summed E-state index contributed by atoms with van der Waals surface area (Å²) in [6.45, 7) is 3.38. The fourth-order valence-electron chi connectivity index (χ4n) is 3.89. The maximum absolute atomic E-state index is 13.0. The Hall–Kier alpha value is -2.84. The molecule has 3 heterocycles. The zero-order valence-corrected chi connectivity index (χ0v) is 17.5. The molecular weight excluding hydrogens is 406 g/mol. The number of nitrogens with zero attached hydrogens (tertiary/aromatic N) is 3. The summed E-state index contributed by atoms with van der Waals surface area (Å²) in [5.74, 6) is 0.0952. The van der Waals surface area contributed by atoms with E-state index in [1.54, 1.807) is 6.92 Å². The van der Waals surface area contributed by atoms with Crippen molar-refractivity contribution in [3.05, 3.63) is 62.7 Å². The number of piperidine rings is 1. The minimum absolute atomic E-state index is 0.0464. The van der Waals surface area contributed by atoms with Crippen LogP contribution in [0.3, 0.4) is 0 Å². The quantitative estimate of drug-likeness (QED) is 0.603. The highest BCUT2D eigenvalue weighted by molar-refractivity contribution is 6.31. The lowest BCUT2D eigenvalue weighted by atomic mass is 10.0. The summed E-state index contributed by atoms with van der Waals surface area (Å²) < 4.78 is 6.48. The van der Waals surface area contributed by atoms with E-state index in [0.717, 1.165) is 30.5 Å². The molecule has 1 unspecified atom stereocenters. The van der Waals surface area contributed by atoms with E-state index in [1.165, 1.54) is 10.7 Å². The summed E-state index contributed by atoms with van der Waals surface area (Å²) >= 11 is 6.39. The number of H-pyrrole nitrogens is 1. The first-order valence-corrected chi connectivity index (χ1v) is 10.4. The van der Waals surface area contributed by atoms with Gasteiger partial charge in [-0.3, -0.25) is 4.79 Å². The fourth-order valence-corrected chi connectivity index (χ4v) is 4.09. The number of hydrogen-bond acceptors (Lipinski definition) is 6. The predicted molar refractivity (Wildman–Crippen MR) is 115 cm³/mol. The minimum atomic E-state index is -0.596.